The van der Waals surface area contributed by atoms with E-state index in [2.05, 4.69) is 168 Å². The van der Waals surface area contributed by atoms with Crippen LogP contribution < -0.4 is 0 Å². The first-order chi connectivity index (χ1) is 25.0. The molecule has 51 heavy (non-hydrogen) atoms. The molecule has 240 valence electrons. The molecule has 0 saturated heterocycles. The quantitative estimate of drug-likeness (QED) is 0.190. The molecule has 4 nitrogen and oxygen atoms in total. The van der Waals surface area contributed by atoms with Gasteiger partial charge in [-0.2, -0.15) is 0 Å². The summed E-state index contributed by atoms with van der Waals surface area (Å²) in [5.41, 5.74) is 16.4. The topological polar surface area (TPSA) is 35.1 Å². The average molecular weight is 653 g/mol. The second-order valence-electron chi connectivity index (χ2n) is 14.3. The lowest BCUT2D eigenvalue weighted by molar-refractivity contribution is 0.660. The Morgan fingerprint density at radius 1 is 0.431 bits per heavy atom. The maximum atomic E-state index is 5.32. The number of para-hydroxylation sites is 4. The number of nitrogens with zero attached hydrogens (tertiary/aromatic N) is 4. The SMILES string of the molecule is CC1(C)c2ccccc2-c2ccc(-c3ccc(-c4ccc5c(c4)c4ccccc4n5-c4nc5ccccc5c5nc6ccccc6n45)cc3)cc21. The van der Waals surface area contributed by atoms with Gasteiger partial charge in [0, 0.05) is 21.6 Å². The van der Waals surface area contributed by atoms with Gasteiger partial charge in [-0.3, -0.25) is 8.97 Å². The van der Waals surface area contributed by atoms with Gasteiger partial charge in [0.05, 0.1) is 27.6 Å². The Labute approximate surface area is 294 Å². The zero-order valence-corrected chi connectivity index (χ0v) is 28.3. The first-order valence-electron chi connectivity index (χ1n) is 17.6. The highest BCUT2D eigenvalue weighted by molar-refractivity contribution is 6.10. The monoisotopic (exact) mass is 652 g/mol. The van der Waals surface area contributed by atoms with Crippen molar-refractivity contribution in [2.45, 2.75) is 19.3 Å². The Hall–Kier alpha value is -6.52. The van der Waals surface area contributed by atoms with Crippen LogP contribution in [0.4, 0.5) is 0 Å². The second kappa shape index (κ2) is 10.3. The lowest BCUT2D eigenvalue weighted by atomic mass is 9.81. The predicted molar refractivity (Wildman–Crippen MR) is 211 cm³/mol. The molecule has 1 aliphatic rings. The number of hydrogen-bond donors (Lipinski definition) is 0. The fourth-order valence-electron chi connectivity index (χ4n) is 8.58. The van der Waals surface area contributed by atoms with Gasteiger partial charge in [-0.15, -0.1) is 0 Å². The fourth-order valence-corrected chi connectivity index (χ4v) is 8.58. The summed E-state index contributed by atoms with van der Waals surface area (Å²) in [5, 5.41) is 3.43. The van der Waals surface area contributed by atoms with Gasteiger partial charge in [-0.1, -0.05) is 123 Å². The number of imidazole rings is 1. The molecule has 7 aromatic carbocycles. The van der Waals surface area contributed by atoms with Crippen LogP contribution in [0.1, 0.15) is 25.0 Å². The molecule has 4 heteroatoms. The van der Waals surface area contributed by atoms with E-state index in [9.17, 15) is 0 Å². The van der Waals surface area contributed by atoms with E-state index in [1.807, 2.05) is 12.1 Å². The molecule has 0 spiro atoms. The molecule has 0 unspecified atom stereocenters. The van der Waals surface area contributed by atoms with Gasteiger partial charge in [-0.05, 0) is 93.0 Å². The molecule has 1 aliphatic carbocycles. The highest BCUT2D eigenvalue weighted by Gasteiger charge is 2.35. The first-order valence-corrected chi connectivity index (χ1v) is 17.6. The fraction of sp³-hybridized carbons (Fsp3) is 0.0638. The molecule has 0 bridgehead atoms. The van der Waals surface area contributed by atoms with Gasteiger partial charge < -0.3 is 0 Å². The Morgan fingerprint density at radius 3 is 1.84 bits per heavy atom. The van der Waals surface area contributed by atoms with Crippen molar-refractivity contribution in [3.8, 4) is 39.3 Å². The van der Waals surface area contributed by atoms with Crippen molar-refractivity contribution in [2.24, 2.45) is 0 Å². The molecule has 10 aromatic rings. The van der Waals surface area contributed by atoms with Crippen molar-refractivity contribution in [3.05, 3.63) is 169 Å². The average Bonchev–Trinajstić information content (AvgIpc) is 3.81. The van der Waals surface area contributed by atoms with Crippen molar-refractivity contribution in [3.63, 3.8) is 0 Å². The maximum Gasteiger partial charge on any atom is 0.221 e. The molecule has 0 saturated carbocycles. The third kappa shape index (κ3) is 3.96. The van der Waals surface area contributed by atoms with Crippen LogP contribution in [0.3, 0.4) is 0 Å². The molecular weight excluding hydrogens is 621 g/mol. The number of hydrogen-bond acceptors (Lipinski definition) is 2. The third-order valence-corrected chi connectivity index (χ3v) is 11.1. The smallest absolute Gasteiger partial charge is 0.221 e. The summed E-state index contributed by atoms with van der Waals surface area (Å²) in [7, 11) is 0. The van der Waals surface area contributed by atoms with E-state index in [4.69, 9.17) is 9.97 Å². The van der Waals surface area contributed by atoms with Crippen molar-refractivity contribution in [2.75, 3.05) is 0 Å². The van der Waals surface area contributed by atoms with Gasteiger partial charge in [0.1, 0.15) is 5.65 Å². The molecule has 0 amide bonds. The van der Waals surface area contributed by atoms with E-state index in [0.29, 0.717) is 0 Å². The van der Waals surface area contributed by atoms with E-state index in [-0.39, 0.29) is 5.41 Å². The largest absolute Gasteiger partial charge is 0.279 e. The van der Waals surface area contributed by atoms with E-state index in [1.54, 1.807) is 0 Å². The van der Waals surface area contributed by atoms with Crippen LogP contribution in [0.5, 0.6) is 0 Å². The maximum absolute atomic E-state index is 5.32. The summed E-state index contributed by atoms with van der Waals surface area (Å²) in [6, 6.07) is 57.0. The van der Waals surface area contributed by atoms with Crippen LogP contribution in [-0.2, 0) is 5.41 Å². The number of rotatable bonds is 3. The molecule has 0 fully saturated rings. The second-order valence-corrected chi connectivity index (χ2v) is 14.3. The van der Waals surface area contributed by atoms with Crippen LogP contribution in [-0.4, -0.2) is 18.9 Å². The predicted octanol–water partition coefficient (Wildman–Crippen LogP) is 11.8. The van der Waals surface area contributed by atoms with E-state index >= 15 is 0 Å². The van der Waals surface area contributed by atoms with Crippen LogP contribution in [0.15, 0.2) is 158 Å². The third-order valence-electron chi connectivity index (χ3n) is 11.1. The standard InChI is InChI=1S/C47H32N4/c1-47(2)38-14-6-3-11-33(38)34-25-23-32(28-39(34)47)30-21-19-29(20-22-30)31-24-26-43-37(27-31)35-12-5-9-17-42(35)50(43)46-49-40-15-7-4-13-36(40)45-48-41-16-8-10-18-44(41)51(45)46/h3-28H,1-2H3. The van der Waals surface area contributed by atoms with Crippen molar-refractivity contribution in [1.82, 2.24) is 18.9 Å². The highest BCUT2D eigenvalue weighted by Crippen LogP contribution is 2.49. The van der Waals surface area contributed by atoms with Crippen molar-refractivity contribution in [1.29, 1.82) is 0 Å². The summed E-state index contributed by atoms with van der Waals surface area (Å²) in [5.74, 6) is 0.835. The van der Waals surface area contributed by atoms with Gasteiger partial charge in [-0.25, -0.2) is 9.97 Å². The zero-order valence-electron chi connectivity index (χ0n) is 28.3. The number of benzene rings is 7. The van der Waals surface area contributed by atoms with Crippen LogP contribution >= 0.6 is 0 Å². The molecule has 11 rings (SSSR count). The molecule has 0 aliphatic heterocycles. The Morgan fingerprint density at radius 2 is 1.02 bits per heavy atom. The minimum atomic E-state index is -0.0183. The summed E-state index contributed by atoms with van der Waals surface area (Å²) >= 11 is 0. The van der Waals surface area contributed by atoms with E-state index in [0.717, 1.165) is 44.6 Å². The van der Waals surface area contributed by atoms with Crippen molar-refractivity contribution >= 4 is 49.4 Å². The summed E-state index contributed by atoms with van der Waals surface area (Å²) in [6.07, 6.45) is 0. The van der Waals surface area contributed by atoms with Gasteiger partial charge >= 0.3 is 0 Å². The molecule has 0 atom stereocenters. The lowest BCUT2D eigenvalue weighted by Crippen LogP contribution is -2.14. The first kappa shape index (κ1) is 28.3. The number of fused-ring (bicyclic) bond motifs is 11. The highest BCUT2D eigenvalue weighted by atomic mass is 15.2. The lowest BCUT2D eigenvalue weighted by Gasteiger charge is -2.22. The zero-order chi connectivity index (χ0) is 33.8. The van der Waals surface area contributed by atoms with E-state index < -0.39 is 0 Å². The Balaban J connectivity index is 1.05. The minimum absolute atomic E-state index is 0.0183. The Bertz CT molecular complexity index is 3050. The minimum Gasteiger partial charge on any atom is -0.279 e. The van der Waals surface area contributed by atoms with E-state index in [1.165, 1.54) is 55.3 Å². The summed E-state index contributed by atoms with van der Waals surface area (Å²) in [4.78, 5) is 10.4. The van der Waals surface area contributed by atoms with Crippen LogP contribution in [0.25, 0.3) is 88.7 Å². The molecular formula is C47H32N4. The van der Waals surface area contributed by atoms with Gasteiger partial charge in [0.2, 0.25) is 5.95 Å². The summed E-state index contributed by atoms with van der Waals surface area (Å²) in [6.45, 7) is 4.68. The molecule has 0 N–H and O–H groups in total. The number of aromatic nitrogens is 4. The van der Waals surface area contributed by atoms with Crippen molar-refractivity contribution < 1.29 is 0 Å². The van der Waals surface area contributed by atoms with Crippen LogP contribution in [0, 0.1) is 0 Å². The molecule has 3 aromatic heterocycles. The Kier molecular flexibility index (Phi) is 5.70. The normalized spacial score (nSPS) is 13.5. The molecule has 3 heterocycles. The summed E-state index contributed by atoms with van der Waals surface area (Å²) < 4.78 is 4.52. The molecule has 0 radical (unpaired) electrons. The van der Waals surface area contributed by atoms with Gasteiger partial charge in [0.25, 0.3) is 0 Å². The van der Waals surface area contributed by atoms with Crippen LogP contribution in [0.2, 0.25) is 0 Å². The van der Waals surface area contributed by atoms with Gasteiger partial charge in [0.15, 0.2) is 0 Å².